The zero-order chi connectivity index (χ0) is 17.8. The molecule has 11 heteroatoms. The largest absolute Gasteiger partial charge is 0.741 e. The highest BCUT2D eigenvalue weighted by atomic mass is 79.9. The van der Waals surface area contributed by atoms with Crippen LogP contribution in [-0.4, -0.2) is 30.0 Å². The number of alkyl halides is 3. The summed E-state index contributed by atoms with van der Waals surface area (Å²) in [5, 5.41) is 0. The minimum atomic E-state index is -6.09. The quantitative estimate of drug-likeness (QED) is 0.217. The van der Waals surface area contributed by atoms with Gasteiger partial charge in [-0.05, 0) is 35.2 Å². The minimum absolute atomic E-state index is 0.0492. The number of halogens is 6. The van der Waals surface area contributed by atoms with E-state index in [1.807, 2.05) is 0 Å². The summed E-state index contributed by atoms with van der Waals surface area (Å²) in [5.74, 6) is 1.20. The van der Waals surface area contributed by atoms with E-state index in [0.717, 1.165) is 16.4 Å². The normalized spacial score (nSPS) is 16.7. The van der Waals surface area contributed by atoms with Gasteiger partial charge >= 0.3 is 5.51 Å². The van der Waals surface area contributed by atoms with Crippen LogP contribution >= 0.6 is 15.9 Å². The van der Waals surface area contributed by atoms with Crippen LogP contribution in [0.5, 0.6) is 0 Å². The van der Waals surface area contributed by atoms with E-state index >= 15 is 0 Å². The van der Waals surface area contributed by atoms with Crippen molar-refractivity contribution in [2.75, 3.05) is 11.5 Å². The van der Waals surface area contributed by atoms with E-state index in [-0.39, 0.29) is 15.4 Å². The third kappa shape index (κ3) is 6.20. The Balaban J connectivity index is 0.000000284. The molecule has 0 aliphatic carbocycles. The maximum Gasteiger partial charge on any atom is 0.485 e. The molecule has 1 aliphatic heterocycles. The van der Waals surface area contributed by atoms with Crippen molar-refractivity contribution in [3.63, 3.8) is 0 Å². The number of rotatable bonds is 1. The maximum atomic E-state index is 13.3. The molecule has 1 fully saturated rings. The Bertz CT molecular complexity index is 620. The van der Waals surface area contributed by atoms with Crippen LogP contribution < -0.4 is 0 Å². The van der Waals surface area contributed by atoms with Crippen molar-refractivity contribution >= 4 is 36.9 Å². The van der Waals surface area contributed by atoms with Crippen molar-refractivity contribution in [1.29, 1.82) is 0 Å². The van der Waals surface area contributed by atoms with Gasteiger partial charge in [0.2, 0.25) is 0 Å². The Morgan fingerprint density at radius 1 is 1.04 bits per heavy atom. The number of hydrogen-bond donors (Lipinski definition) is 0. The van der Waals surface area contributed by atoms with Gasteiger partial charge < -0.3 is 4.55 Å². The first-order valence-corrected chi connectivity index (χ1v) is 10.0. The van der Waals surface area contributed by atoms with Crippen molar-refractivity contribution in [3.05, 3.63) is 28.2 Å². The van der Waals surface area contributed by atoms with Crippen LogP contribution in [-0.2, 0) is 21.0 Å². The molecule has 2 rings (SSSR count). The summed E-state index contributed by atoms with van der Waals surface area (Å²) in [7, 11) is -6.03. The van der Waals surface area contributed by atoms with Gasteiger partial charge in [0.1, 0.15) is 23.1 Å². The lowest BCUT2D eigenvalue weighted by Gasteiger charge is -2.13. The summed E-state index contributed by atoms with van der Waals surface area (Å²) in [6, 6.07) is 2.95. The summed E-state index contributed by atoms with van der Waals surface area (Å²) < 4.78 is 85.5. The Labute approximate surface area is 141 Å². The zero-order valence-electron chi connectivity index (χ0n) is 11.5. The van der Waals surface area contributed by atoms with E-state index in [1.54, 1.807) is 0 Å². The van der Waals surface area contributed by atoms with Crippen LogP contribution in [0.25, 0.3) is 0 Å². The molecule has 0 N–H and O–H groups in total. The van der Waals surface area contributed by atoms with Crippen molar-refractivity contribution in [1.82, 2.24) is 0 Å². The van der Waals surface area contributed by atoms with Gasteiger partial charge in [-0.25, -0.2) is 17.2 Å². The molecule has 132 valence electrons. The first-order chi connectivity index (χ1) is 10.4. The maximum absolute atomic E-state index is 13.3. The van der Waals surface area contributed by atoms with Crippen LogP contribution in [0.3, 0.4) is 0 Å². The molecule has 0 unspecified atom stereocenters. The van der Waals surface area contributed by atoms with Crippen LogP contribution in [0.4, 0.5) is 22.0 Å². The second-order valence-electron chi connectivity index (χ2n) is 4.56. The summed E-state index contributed by atoms with van der Waals surface area (Å²) in [4.78, 5) is 0.841. The van der Waals surface area contributed by atoms with E-state index in [4.69, 9.17) is 13.0 Å². The molecule has 0 saturated carbocycles. The predicted molar refractivity (Wildman–Crippen MR) is 79.0 cm³/mol. The topological polar surface area (TPSA) is 57.2 Å². The molecule has 1 aromatic carbocycles. The second-order valence-corrected chi connectivity index (χ2v) is 9.00. The van der Waals surface area contributed by atoms with Crippen LogP contribution in [0.2, 0.25) is 0 Å². The SMILES string of the molecule is Fc1cc([S+]2CCCCC2)cc(F)c1Br.O=S(=O)([O-])C(F)(F)F. The lowest BCUT2D eigenvalue weighted by Crippen LogP contribution is -2.21. The molecule has 0 atom stereocenters. The third-order valence-electron chi connectivity index (χ3n) is 2.86. The molecule has 0 radical (unpaired) electrons. The number of benzene rings is 1. The Morgan fingerprint density at radius 2 is 1.43 bits per heavy atom. The first-order valence-electron chi connectivity index (χ1n) is 6.27. The van der Waals surface area contributed by atoms with Crippen molar-refractivity contribution in [2.45, 2.75) is 29.7 Å². The Morgan fingerprint density at radius 3 is 1.78 bits per heavy atom. The average Bonchev–Trinajstić information content (AvgIpc) is 2.44. The van der Waals surface area contributed by atoms with Crippen molar-refractivity contribution in [2.24, 2.45) is 0 Å². The molecule has 0 amide bonds. The summed E-state index contributed by atoms with van der Waals surface area (Å²) >= 11 is 2.89. The van der Waals surface area contributed by atoms with Crippen molar-refractivity contribution < 1.29 is 34.9 Å². The molecular weight excluding hydrogens is 431 g/mol. The minimum Gasteiger partial charge on any atom is -0.741 e. The number of hydrogen-bond acceptors (Lipinski definition) is 3. The zero-order valence-corrected chi connectivity index (χ0v) is 14.7. The van der Waals surface area contributed by atoms with E-state index in [9.17, 15) is 22.0 Å². The standard InChI is InChI=1S/C11H12BrF2S.CHF3O3S/c12-11-9(13)6-8(7-10(11)14)15-4-2-1-3-5-15;2-1(3,4)8(5,6)7/h6-7H,1-5H2;(H,5,6,7)/q+1;/p-1. The summed E-state index contributed by atoms with van der Waals surface area (Å²) in [5.41, 5.74) is -5.65. The van der Waals surface area contributed by atoms with Gasteiger partial charge in [-0.3, -0.25) is 0 Å². The van der Waals surface area contributed by atoms with Crippen LogP contribution in [0.1, 0.15) is 19.3 Å². The van der Waals surface area contributed by atoms with Gasteiger partial charge in [0, 0.05) is 23.0 Å². The van der Waals surface area contributed by atoms with E-state index in [1.165, 1.54) is 31.4 Å². The van der Waals surface area contributed by atoms with Gasteiger partial charge in [0.25, 0.3) is 0 Å². The van der Waals surface area contributed by atoms with Gasteiger partial charge in [-0.15, -0.1) is 0 Å². The fourth-order valence-corrected chi connectivity index (χ4v) is 4.32. The molecule has 1 aromatic rings. The molecular formula is C12H12BrF5O3S2. The predicted octanol–water partition coefficient (Wildman–Crippen LogP) is 3.94. The smallest absolute Gasteiger partial charge is 0.485 e. The second kappa shape index (κ2) is 8.13. The Kier molecular flexibility index (Phi) is 7.30. The first kappa shape index (κ1) is 20.7. The van der Waals surface area contributed by atoms with E-state index in [2.05, 4.69) is 15.9 Å². The van der Waals surface area contributed by atoms with E-state index in [0.29, 0.717) is 0 Å². The van der Waals surface area contributed by atoms with Crippen molar-refractivity contribution in [3.8, 4) is 0 Å². The van der Waals surface area contributed by atoms with Crippen LogP contribution in [0.15, 0.2) is 21.5 Å². The highest BCUT2D eigenvalue weighted by Crippen LogP contribution is 2.28. The molecule has 0 aromatic heterocycles. The lowest BCUT2D eigenvalue weighted by molar-refractivity contribution is -0.0517. The molecule has 0 bridgehead atoms. The van der Waals surface area contributed by atoms with Crippen LogP contribution in [0, 0.1) is 11.6 Å². The third-order valence-corrected chi connectivity index (χ3v) is 6.65. The molecule has 1 aliphatic rings. The highest BCUT2D eigenvalue weighted by Gasteiger charge is 2.36. The summed E-state index contributed by atoms with van der Waals surface area (Å²) in [6.45, 7) is 0. The lowest BCUT2D eigenvalue weighted by atomic mass is 10.3. The monoisotopic (exact) mass is 442 g/mol. The Hall–Kier alpha value is -0.390. The van der Waals surface area contributed by atoms with Gasteiger partial charge in [0.05, 0.1) is 4.47 Å². The van der Waals surface area contributed by atoms with E-state index < -0.39 is 27.3 Å². The van der Waals surface area contributed by atoms with Gasteiger partial charge in [-0.2, -0.15) is 13.2 Å². The molecule has 0 spiro atoms. The average molecular weight is 443 g/mol. The molecule has 3 nitrogen and oxygen atoms in total. The fourth-order valence-electron chi connectivity index (χ4n) is 1.77. The summed E-state index contributed by atoms with van der Waals surface area (Å²) in [6.07, 6.45) is 3.62. The van der Waals surface area contributed by atoms with Gasteiger partial charge in [-0.1, -0.05) is 0 Å². The molecule has 1 saturated heterocycles. The fraction of sp³-hybridized carbons (Fsp3) is 0.500. The van der Waals surface area contributed by atoms with Gasteiger partial charge in [0.15, 0.2) is 15.0 Å². The molecule has 1 heterocycles. The highest BCUT2D eigenvalue weighted by molar-refractivity contribution is 9.10. The molecule has 23 heavy (non-hydrogen) atoms.